The highest BCUT2D eigenvalue weighted by Crippen LogP contribution is 2.28. The van der Waals surface area contributed by atoms with E-state index in [0.717, 1.165) is 23.5 Å². The predicted molar refractivity (Wildman–Crippen MR) is 75.5 cm³/mol. The molecule has 96 valence electrons. The van der Waals surface area contributed by atoms with E-state index in [1.807, 2.05) is 0 Å². The minimum absolute atomic E-state index is 0.515. The molecule has 0 aliphatic heterocycles. The first-order valence-corrected chi connectivity index (χ1v) is 6.93. The van der Waals surface area contributed by atoms with Crippen LogP contribution in [0.1, 0.15) is 22.4 Å². The zero-order valence-electron chi connectivity index (χ0n) is 10.8. The molecule has 0 bridgehead atoms. The maximum absolute atomic E-state index is 5.04. The molecule has 2 aromatic rings. The summed E-state index contributed by atoms with van der Waals surface area (Å²) in [5.41, 5.74) is 3.61. The lowest BCUT2D eigenvalue weighted by molar-refractivity contribution is 0.141. The Hall–Kier alpha value is -1.23. The van der Waals surface area contributed by atoms with Crippen LogP contribution in [-0.4, -0.2) is 11.6 Å². The summed E-state index contributed by atoms with van der Waals surface area (Å²) in [4.78, 5) is 10.5. The summed E-state index contributed by atoms with van der Waals surface area (Å²) in [6.45, 7) is 4.78. The molecule has 1 heterocycles. The van der Waals surface area contributed by atoms with Crippen LogP contribution in [0.15, 0.2) is 24.3 Å². The first-order chi connectivity index (χ1) is 8.74. The van der Waals surface area contributed by atoms with Gasteiger partial charge in [-0.05, 0) is 18.9 Å². The number of benzene rings is 1. The number of thiazole rings is 1. The van der Waals surface area contributed by atoms with Crippen LogP contribution in [-0.2, 0) is 17.7 Å². The fourth-order valence-corrected chi connectivity index (χ4v) is 2.81. The van der Waals surface area contributed by atoms with Gasteiger partial charge in [-0.3, -0.25) is 0 Å². The monoisotopic (exact) mass is 262 g/mol. The van der Waals surface area contributed by atoms with Gasteiger partial charge in [0.15, 0.2) is 0 Å². The van der Waals surface area contributed by atoms with Crippen LogP contribution in [0, 0.1) is 6.92 Å². The molecule has 3 nitrogen and oxygen atoms in total. The topological polar surface area (TPSA) is 48.1 Å². The molecule has 2 N–H and O–H groups in total. The Morgan fingerprint density at radius 1 is 1.28 bits per heavy atom. The number of nitrogens with two attached hydrogens (primary N) is 1. The fourth-order valence-electron chi connectivity index (χ4n) is 1.87. The molecule has 0 unspecified atom stereocenters. The average Bonchev–Trinajstić information content (AvgIpc) is 2.78. The number of rotatable bonds is 5. The summed E-state index contributed by atoms with van der Waals surface area (Å²) in [6.07, 6.45) is 1.84. The van der Waals surface area contributed by atoms with Crippen molar-refractivity contribution >= 4 is 11.3 Å². The minimum Gasteiger partial charge on any atom is -0.304 e. The summed E-state index contributed by atoms with van der Waals surface area (Å²) in [7, 11) is 0. The third-order valence-corrected chi connectivity index (χ3v) is 3.94. The van der Waals surface area contributed by atoms with Crippen molar-refractivity contribution in [1.82, 2.24) is 4.98 Å². The van der Waals surface area contributed by atoms with E-state index in [4.69, 9.17) is 5.90 Å². The zero-order valence-corrected chi connectivity index (χ0v) is 11.6. The molecular weight excluding hydrogens is 244 g/mol. The van der Waals surface area contributed by atoms with Crippen molar-refractivity contribution in [1.29, 1.82) is 0 Å². The Morgan fingerprint density at radius 2 is 2.00 bits per heavy atom. The maximum Gasteiger partial charge on any atom is 0.0959 e. The molecule has 0 radical (unpaired) electrons. The van der Waals surface area contributed by atoms with E-state index in [2.05, 4.69) is 47.9 Å². The van der Waals surface area contributed by atoms with Gasteiger partial charge in [-0.25, -0.2) is 10.9 Å². The molecule has 0 saturated heterocycles. The molecule has 1 aromatic heterocycles. The number of aryl methyl sites for hydroxylation is 2. The molecule has 0 amide bonds. The summed E-state index contributed by atoms with van der Waals surface area (Å²) in [6, 6.07) is 8.61. The Labute approximate surface area is 112 Å². The van der Waals surface area contributed by atoms with Gasteiger partial charge >= 0.3 is 0 Å². The Bertz CT molecular complexity index is 505. The first kappa shape index (κ1) is 13.2. The van der Waals surface area contributed by atoms with E-state index in [1.54, 1.807) is 11.3 Å². The van der Waals surface area contributed by atoms with E-state index in [9.17, 15) is 0 Å². The molecule has 0 aliphatic rings. The van der Waals surface area contributed by atoms with Crippen molar-refractivity contribution < 1.29 is 4.84 Å². The van der Waals surface area contributed by atoms with Gasteiger partial charge in [0.05, 0.1) is 17.3 Å². The number of hydrogen-bond donors (Lipinski definition) is 1. The smallest absolute Gasteiger partial charge is 0.0959 e. The lowest BCUT2D eigenvalue weighted by Crippen LogP contribution is -2.03. The number of hydrogen-bond acceptors (Lipinski definition) is 4. The van der Waals surface area contributed by atoms with Gasteiger partial charge in [-0.15, -0.1) is 11.3 Å². The van der Waals surface area contributed by atoms with Crippen molar-refractivity contribution in [3.8, 4) is 11.3 Å². The van der Waals surface area contributed by atoms with Crippen LogP contribution >= 0.6 is 11.3 Å². The molecule has 1 aromatic carbocycles. The van der Waals surface area contributed by atoms with Crippen LogP contribution < -0.4 is 5.90 Å². The first-order valence-electron chi connectivity index (χ1n) is 6.12. The second-order valence-electron chi connectivity index (χ2n) is 4.18. The summed E-state index contributed by atoms with van der Waals surface area (Å²) < 4.78 is 0. The largest absolute Gasteiger partial charge is 0.304 e. The molecule has 0 atom stereocenters. The second-order valence-corrected chi connectivity index (χ2v) is 5.47. The fraction of sp³-hybridized carbons (Fsp3) is 0.357. The van der Waals surface area contributed by atoms with E-state index in [-0.39, 0.29) is 0 Å². The van der Waals surface area contributed by atoms with Gasteiger partial charge < -0.3 is 4.84 Å². The van der Waals surface area contributed by atoms with Crippen LogP contribution in [0.4, 0.5) is 0 Å². The van der Waals surface area contributed by atoms with Crippen LogP contribution in [0.3, 0.4) is 0 Å². The quantitative estimate of drug-likeness (QED) is 0.842. The molecular formula is C14H18N2OS. The van der Waals surface area contributed by atoms with Crippen LogP contribution in [0.2, 0.25) is 0 Å². The van der Waals surface area contributed by atoms with Crippen molar-refractivity contribution in [2.75, 3.05) is 6.61 Å². The molecule has 2 rings (SSSR count). The van der Waals surface area contributed by atoms with Gasteiger partial charge in [-0.1, -0.05) is 31.2 Å². The summed E-state index contributed by atoms with van der Waals surface area (Å²) in [5.74, 6) is 5.04. The highest BCUT2D eigenvalue weighted by Gasteiger charge is 2.09. The van der Waals surface area contributed by atoms with Crippen molar-refractivity contribution in [3.05, 3.63) is 39.7 Å². The summed E-state index contributed by atoms with van der Waals surface area (Å²) in [5, 5.41) is 1.08. The zero-order chi connectivity index (χ0) is 13.0. The van der Waals surface area contributed by atoms with Gasteiger partial charge in [0.2, 0.25) is 0 Å². The lowest BCUT2D eigenvalue weighted by Gasteiger charge is -2.00. The van der Waals surface area contributed by atoms with E-state index < -0.39 is 0 Å². The Balaban J connectivity index is 2.23. The molecule has 4 heteroatoms. The standard InChI is InChI=1S/C14H18N2OS/c1-3-11-4-6-12(7-5-11)14-10(2)18-13(16-14)8-9-17-15/h4-7H,3,8-9,15H2,1-2H3. The van der Waals surface area contributed by atoms with Gasteiger partial charge in [0.1, 0.15) is 0 Å². The van der Waals surface area contributed by atoms with Crippen molar-refractivity contribution in [2.24, 2.45) is 5.90 Å². The number of nitrogens with zero attached hydrogens (tertiary/aromatic N) is 1. The van der Waals surface area contributed by atoms with Crippen molar-refractivity contribution in [2.45, 2.75) is 26.7 Å². The van der Waals surface area contributed by atoms with Gasteiger partial charge in [0.25, 0.3) is 0 Å². The van der Waals surface area contributed by atoms with Gasteiger partial charge in [-0.2, -0.15) is 0 Å². The Kier molecular flexibility index (Phi) is 4.47. The van der Waals surface area contributed by atoms with E-state index >= 15 is 0 Å². The third-order valence-electron chi connectivity index (χ3n) is 2.91. The molecule has 0 aliphatic carbocycles. The molecule has 0 fully saturated rings. The maximum atomic E-state index is 5.04. The highest BCUT2D eigenvalue weighted by atomic mass is 32.1. The average molecular weight is 262 g/mol. The van der Waals surface area contributed by atoms with E-state index in [1.165, 1.54) is 16.0 Å². The third kappa shape index (κ3) is 2.96. The van der Waals surface area contributed by atoms with Crippen LogP contribution in [0.5, 0.6) is 0 Å². The lowest BCUT2D eigenvalue weighted by atomic mass is 10.1. The molecule has 0 saturated carbocycles. The second kappa shape index (κ2) is 6.09. The molecule has 0 spiro atoms. The Morgan fingerprint density at radius 3 is 2.61 bits per heavy atom. The summed E-state index contributed by atoms with van der Waals surface area (Å²) >= 11 is 1.71. The number of aromatic nitrogens is 1. The molecule has 18 heavy (non-hydrogen) atoms. The van der Waals surface area contributed by atoms with Crippen molar-refractivity contribution in [3.63, 3.8) is 0 Å². The minimum atomic E-state index is 0.515. The van der Waals surface area contributed by atoms with Gasteiger partial charge in [0, 0.05) is 16.9 Å². The highest BCUT2D eigenvalue weighted by molar-refractivity contribution is 7.12. The van der Waals surface area contributed by atoms with Crippen LogP contribution in [0.25, 0.3) is 11.3 Å². The predicted octanol–water partition coefficient (Wildman–Crippen LogP) is 3.11. The van der Waals surface area contributed by atoms with E-state index in [0.29, 0.717) is 6.61 Å². The SMILES string of the molecule is CCc1ccc(-c2nc(CCON)sc2C)cc1. The normalized spacial score (nSPS) is 10.8.